The number of aromatic nitrogens is 1. The van der Waals surface area contributed by atoms with Crippen LogP contribution in [0.5, 0.6) is 0 Å². The Hall–Kier alpha value is -1.99. The van der Waals surface area contributed by atoms with Gasteiger partial charge in [0.1, 0.15) is 12.2 Å². The molecule has 118 valence electrons. The van der Waals surface area contributed by atoms with Gasteiger partial charge in [-0.3, -0.25) is 9.59 Å². The number of hydrogen-bond acceptors (Lipinski definition) is 3. The van der Waals surface area contributed by atoms with Crippen LogP contribution in [0.3, 0.4) is 0 Å². The van der Waals surface area contributed by atoms with E-state index in [-0.39, 0.29) is 18.7 Å². The van der Waals surface area contributed by atoms with Gasteiger partial charge in [0, 0.05) is 26.2 Å². The number of carbonyl (C=O) groups is 2. The van der Waals surface area contributed by atoms with Crippen LogP contribution in [0.15, 0.2) is 18.3 Å². The first-order valence-corrected chi connectivity index (χ1v) is 6.29. The summed E-state index contributed by atoms with van der Waals surface area (Å²) in [6.07, 6.45) is -2.65. The first-order valence-electron chi connectivity index (χ1n) is 6.29. The number of rotatable bonds is 6. The highest BCUT2D eigenvalue weighted by Crippen LogP contribution is 2.19. The van der Waals surface area contributed by atoms with Crippen LogP contribution in [0.4, 0.5) is 13.2 Å². The number of esters is 1. The van der Waals surface area contributed by atoms with Crippen molar-refractivity contribution < 1.29 is 27.5 Å². The van der Waals surface area contributed by atoms with E-state index in [9.17, 15) is 22.8 Å². The van der Waals surface area contributed by atoms with E-state index < -0.39 is 24.6 Å². The van der Waals surface area contributed by atoms with Gasteiger partial charge >= 0.3 is 12.1 Å². The third-order valence-corrected chi connectivity index (χ3v) is 2.85. The molecule has 0 aromatic carbocycles. The highest BCUT2D eigenvalue weighted by Gasteiger charge is 2.29. The van der Waals surface area contributed by atoms with Crippen LogP contribution in [0, 0.1) is 0 Å². The van der Waals surface area contributed by atoms with Crippen molar-refractivity contribution in [1.29, 1.82) is 0 Å². The molecule has 0 aliphatic rings. The molecule has 0 saturated heterocycles. The number of amides is 1. The fourth-order valence-electron chi connectivity index (χ4n) is 1.80. The first kappa shape index (κ1) is 17.1. The Kier molecular flexibility index (Phi) is 5.80. The Labute approximate surface area is 120 Å². The lowest BCUT2D eigenvalue weighted by Gasteiger charge is -2.18. The molecule has 21 heavy (non-hydrogen) atoms. The van der Waals surface area contributed by atoms with Crippen LogP contribution in [0.25, 0.3) is 0 Å². The van der Waals surface area contributed by atoms with Gasteiger partial charge in [-0.05, 0) is 18.6 Å². The largest absolute Gasteiger partial charge is 0.469 e. The van der Waals surface area contributed by atoms with Crippen molar-refractivity contribution >= 4 is 11.9 Å². The average Bonchev–Trinajstić information content (AvgIpc) is 2.83. The molecule has 0 radical (unpaired) electrons. The number of nitrogens with zero attached hydrogens (tertiary/aromatic N) is 2. The molecule has 0 unspecified atom stereocenters. The van der Waals surface area contributed by atoms with Gasteiger partial charge in [0.05, 0.1) is 7.11 Å². The molecule has 0 bridgehead atoms. The van der Waals surface area contributed by atoms with Crippen molar-refractivity contribution in [3.63, 3.8) is 0 Å². The maximum Gasteiger partial charge on any atom is 0.406 e. The summed E-state index contributed by atoms with van der Waals surface area (Å²) in [5.41, 5.74) is -0.0344. The van der Waals surface area contributed by atoms with Gasteiger partial charge in [0.15, 0.2) is 0 Å². The molecule has 0 N–H and O–H groups in total. The molecule has 0 saturated carbocycles. The quantitative estimate of drug-likeness (QED) is 0.756. The Morgan fingerprint density at radius 3 is 2.62 bits per heavy atom. The van der Waals surface area contributed by atoms with Crippen molar-refractivity contribution in [2.45, 2.75) is 25.6 Å². The second-order valence-electron chi connectivity index (χ2n) is 4.54. The minimum Gasteiger partial charge on any atom is -0.469 e. The minimum absolute atomic E-state index is 0.0344. The van der Waals surface area contributed by atoms with E-state index in [2.05, 4.69) is 4.74 Å². The number of halogens is 3. The van der Waals surface area contributed by atoms with E-state index in [1.165, 1.54) is 37.4 Å². The summed E-state index contributed by atoms with van der Waals surface area (Å²) in [5, 5.41) is 0. The van der Waals surface area contributed by atoms with Gasteiger partial charge in [0.25, 0.3) is 5.91 Å². The molecule has 1 aromatic rings. The zero-order valence-corrected chi connectivity index (χ0v) is 11.8. The third-order valence-electron chi connectivity index (χ3n) is 2.85. The number of methoxy groups -OCH3 is 1. The molecule has 0 fully saturated rings. The normalized spacial score (nSPS) is 11.3. The molecule has 0 spiro atoms. The zero-order chi connectivity index (χ0) is 16.0. The summed E-state index contributed by atoms with van der Waals surface area (Å²) in [6.45, 7) is -0.956. The van der Waals surface area contributed by atoms with Crippen LogP contribution in [-0.2, 0) is 16.1 Å². The summed E-state index contributed by atoms with van der Waals surface area (Å²) in [4.78, 5) is 24.3. The van der Waals surface area contributed by atoms with Crippen molar-refractivity contribution in [1.82, 2.24) is 9.47 Å². The maximum atomic E-state index is 12.4. The van der Waals surface area contributed by atoms with Crippen molar-refractivity contribution in [3.8, 4) is 0 Å². The van der Waals surface area contributed by atoms with Gasteiger partial charge in [-0.15, -0.1) is 0 Å². The Morgan fingerprint density at radius 2 is 2.05 bits per heavy atom. The second-order valence-corrected chi connectivity index (χ2v) is 4.54. The Bertz CT molecular complexity index is 497. The lowest BCUT2D eigenvalue weighted by Crippen LogP contribution is -2.31. The molecular formula is C13H17F3N2O3. The smallest absolute Gasteiger partial charge is 0.406 e. The molecule has 1 heterocycles. The minimum atomic E-state index is -4.39. The monoisotopic (exact) mass is 306 g/mol. The molecule has 0 aliphatic carbocycles. The molecular weight excluding hydrogens is 289 g/mol. The SMILES string of the molecule is COC(=O)CCCN(C)C(=O)c1cccn1CC(F)(F)F. The van der Waals surface area contributed by atoms with Gasteiger partial charge in [-0.2, -0.15) is 13.2 Å². The average molecular weight is 306 g/mol. The first-order chi connectivity index (χ1) is 9.74. The van der Waals surface area contributed by atoms with Gasteiger partial charge in [0.2, 0.25) is 0 Å². The highest BCUT2D eigenvalue weighted by atomic mass is 19.4. The number of alkyl halides is 3. The molecule has 1 aromatic heterocycles. The summed E-state index contributed by atoms with van der Waals surface area (Å²) in [6, 6.07) is 2.73. The zero-order valence-electron chi connectivity index (χ0n) is 11.8. The van der Waals surface area contributed by atoms with Crippen LogP contribution < -0.4 is 0 Å². The van der Waals surface area contributed by atoms with Crippen molar-refractivity contribution in [2.24, 2.45) is 0 Å². The number of carbonyl (C=O) groups excluding carboxylic acids is 2. The molecule has 1 amide bonds. The number of ether oxygens (including phenoxy) is 1. The molecule has 8 heteroatoms. The fourth-order valence-corrected chi connectivity index (χ4v) is 1.80. The Morgan fingerprint density at radius 1 is 1.38 bits per heavy atom. The predicted octanol–water partition coefficient (Wildman–Crippen LogP) is 2.08. The lowest BCUT2D eigenvalue weighted by molar-refractivity contribution is -0.141. The van der Waals surface area contributed by atoms with E-state index in [1.807, 2.05) is 0 Å². The van der Waals surface area contributed by atoms with Gasteiger partial charge in [-0.1, -0.05) is 0 Å². The maximum absolute atomic E-state index is 12.4. The molecule has 0 aliphatic heterocycles. The summed E-state index contributed by atoms with van der Waals surface area (Å²) >= 11 is 0. The summed E-state index contributed by atoms with van der Waals surface area (Å²) in [7, 11) is 2.74. The van der Waals surface area contributed by atoms with E-state index >= 15 is 0 Å². The van der Waals surface area contributed by atoms with Crippen molar-refractivity contribution in [2.75, 3.05) is 20.7 Å². The number of hydrogen-bond donors (Lipinski definition) is 0. The Balaban J connectivity index is 2.62. The van der Waals surface area contributed by atoms with E-state index in [4.69, 9.17) is 0 Å². The van der Waals surface area contributed by atoms with Gasteiger partial charge in [-0.25, -0.2) is 0 Å². The second kappa shape index (κ2) is 7.14. The fraction of sp³-hybridized carbons (Fsp3) is 0.538. The predicted molar refractivity (Wildman–Crippen MR) is 68.7 cm³/mol. The molecule has 5 nitrogen and oxygen atoms in total. The van der Waals surface area contributed by atoms with Gasteiger partial charge < -0.3 is 14.2 Å². The molecule has 1 rings (SSSR count). The lowest BCUT2D eigenvalue weighted by atomic mass is 10.3. The van der Waals surface area contributed by atoms with E-state index in [1.54, 1.807) is 0 Å². The summed E-state index contributed by atoms with van der Waals surface area (Å²) in [5.74, 6) is -0.912. The van der Waals surface area contributed by atoms with E-state index in [0.717, 1.165) is 4.57 Å². The highest BCUT2D eigenvalue weighted by molar-refractivity contribution is 5.92. The summed E-state index contributed by atoms with van der Waals surface area (Å²) < 4.78 is 42.5. The topological polar surface area (TPSA) is 51.5 Å². The third kappa shape index (κ3) is 5.49. The standard InChI is InChI=1S/C13H17F3N2O3/c1-17(7-4-6-11(19)21-2)12(20)10-5-3-8-18(10)9-13(14,15)16/h3,5,8H,4,6-7,9H2,1-2H3. The van der Waals surface area contributed by atoms with Crippen LogP contribution in [0.1, 0.15) is 23.3 Å². The van der Waals surface area contributed by atoms with Crippen LogP contribution in [0.2, 0.25) is 0 Å². The van der Waals surface area contributed by atoms with Crippen LogP contribution in [-0.4, -0.2) is 48.2 Å². The molecule has 0 atom stereocenters. The van der Waals surface area contributed by atoms with Crippen LogP contribution >= 0.6 is 0 Å². The van der Waals surface area contributed by atoms with Crippen molar-refractivity contribution in [3.05, 3.63) is 24.0 Å². The van der Waals surface area contributed by atoms with E-state index in [0.29, 0.717) is 6.42 Å².